The van der Waals surface area contributed by atoms with E-state index in [9.17, 15) is 9.59 Å². The Balaban J connectivity index is 1.26. The molecule has 3 N–H and O–H groups in total. The fraction of sp³-hybridized carbons (Fsp3) is 0.133. The summed E-state index contributed by atoms with van der Waals surface area (Å²) in [6.07, 6.45) is 1.85. The fourth-order valence-corrected chi connectivity index (χ4v) is 3.69. The summed E-state index contributed by atoms with van der Waals surface area (Å²) in [5.74, 6) is 0.297. The van der Waals surface area contributed by atoms with Crippen LogP contribution in [-0.4, -0.2) is 25.0 Å². The van der Waals surface area contributed by atoms with Crippen LogP contribution in [0.1, 0.15) is 22.3 Å². The van der Waals surface area contributed by atoms with Gasteiger partial charge in [-0.2, -0.15) is 0 Å². The van der Waals surface area contributed by atoms with E-state index in [0.717, 1.165) is 18.5 Å². The summed E-state index contributed by atoms with van der Waals surface area (Å²) >= 11 is 0. The molecule has 0 fully saturated rings. The molecule has 0 aromatic heterocycles. The number of nitrogens with one attached hydrogen (secondary N) is 3. The summed E-state index contributed by atoms with van der Waals surface area (Å²) < 4.78 is 5.96. The molecule has 0 aliphatic heterocycles. The van der Waals surface area contributed by atoms with Crippen molar-refractivity contribution in [1.29, 1.82) is 0 Å². The van der Waals surface area contributed by atoms with Crippen LogP contribution >= 0.6 is 0 Å². The van der Waals surface area contributed by atoms with Gasteiger partial charge in [0, 0.05) is 16.9 Å². The molecule has 0 atom stereocenters. The Kier molecular flexibility index (Phi) is 8.70. The average molecular weight is 480 g/mol. The van der Waals surface area contributed by atoms with E-state index in [4.69, 9.17) is 4.74 Å². The van der Waals surface area contributed by atoms with E-state index in [1.807, 2.05) is 60.7 Å². The lowest BCUT2D eigenvalue weighted by molar-refractivity contribution is -0.114. The molecule has 0 aliphatic carbocycles. The highest BCUT2D eigenvalue weighted by molar-refractivity contribution is 6.04. The van der Waals surface area contributed by atoms with E-state index in [1.54, 1.807) is 36.4 Å². The summed E-state index contributed by atoms with van der Waals surface area (Å²) in [6, 6.07) is 33.9. The molecule has 4 rings (SSSR count). The van der Waals surface area contributed by atoms with E-state index in [1.165, 1.54) is 5.56 Å². The van der Waals surface area contributed by atoms with Crippen LogP contribution in [0.25, 0.3) is 0 Å². The molecule has 4 aromatic rings. The first-order chi connectivity index (χ1) is 17.7. The number of ether oxygens (including phenoxy) is 1. The molecule has 0 radical (unpaired) electrons. The van der Waals surface area contributed by atoms with Gasteiger partial charge in [0.2, 0.25) is 5.91 Å². The summed E-state index contributed by atoms with van der Waals surface area (Å²) in [7, 11) is 0. The normalized spacial score (nSPS) is 10.3. The first-order valence-corrected chi connectivity index (χ1v) is 11.9. The summed E-state index contributed by atoms with van der Waals surface area (Å²) in [6.45, 7) is 0.659. The van der Waals surface area contributed by atoms with Crippen molar-refractivity contribution in [2.24, 2.45) is 0 Å². The first-order valence-electron chi connectivity index (χ1n) is 11.9. The van der Waals surface area contributed by atoms with Gasteiger partial charge in [0.15, 0.2) is 0 Å². The van der Waals surface area contributed by atoms with Gasteiger partial charge in [-0.05, 0) is 60.9 Å². The van der Waals surface area contributed by atoms with E-state index in [0.29, 0.717) is 29.3 Å². The number of hydrogen-bond acceptors (Lipinski definition) is 4. The van der Waals surface area contributed by atoms with Crippen LogP contribution in [0.3, 0.4) is 0 Å². The fourth-order valence-electron chi connectivity index (χ4n) is 3.69. The van der Waals surface area contributed by atoms with Crippen molar-refractivity contribution in [2.75, 3.05) is 29.1 Å². The van der Waals surface area contributed by atoms with Gasteiger partial charge in [-0.1, -0.05) is 66.7 Å². The lowest BCUT2D eigenvalue weighted by Gasteiger charge is -2.14. The maximum Gasteiger partial charge on any atom is 0.255 e. The Bertz CT molecular complexity index is 1280. The number of benzene rings is 4. The summed E-state index contributed by atoms with van der Waals surface area (Å²) in [5.41, 5.74) is 3.81. The minimum absolute atomic E-state index is 0.0744. The van der Waals surface area contributed by atoms with Gasteiger partial charge in [0.05, 0.1) is 18.8 Å². The topological polar surface area (TPSA) is 79.5 Å². The van der Waals surface area contributed by atoms with Crippen molar-refractivity contribution >= 4 is 28.9 Å². The highest BCUT2D eigenvalue weighted by Gasteiger charge is 2.09. The number of aryl methyl sites for hydroxylation is 1. The third kappa shape index (κ3) is 7.46. The van der Waals surface area contributed by atoms with Gasteiger partial charge in [-0.3, -0.25) is 9.59 Å². The maximum absolute atomic E-state index is 12.6. The van der Waals surface area contributed by atoms with Crippen molar-refractivity contribution in [3.63, 3.8) is 0 Å². The molecule has 4 aromatic carbocycles. The Labute approximate surface area is 211 Å². The SMILES string of the molecule is O=C(CNc1ccccc1OCCCc1ccccc1)Nc1cccc(NC(=O)c2ccccc2)c1. The van der Waals surface area contributed by atoms with Crippen LogP contribution in [-0.2, 0) is 11.2 Å². The van der Waals surface area contributed by atoms with E-state index in [2.05, 4.69) is 28.1 Å². The van der Waals surface area contributed by atoms with Crippen LogP contribution < -0.4 is 20.7 Å². The summed E-state index contributed by atoms with van der Waals surface area (Å²) in [5, 5.41) is 8.86. The number of para-hydroxylation sites is 2. The van der Waals surface area contributed by atoms with Crippen molar-refractivity contribution < 1.29 is 14.3 Å². The minimum atomic E-state index is -0.208. The van der Waals surface area contributed by atoms with Crippen molar-refractivity contribution in [3.8, 4) is 5.75 Å². The molecule has 6 nitrogen and oxygen atoms in total. The molecular formula is C30H29N3O3. The van der Waals surface area contributed by atoms with Crippen molar-refractivity contribution in [2.45, 2.75) is 12.8 Å². The molecule has 0 aliphatic rings. The van der Waals surface area contributed by atoms with E-state index >= 15 is 0 Å². The maximum atomic E-state index is 12.6. The molecule has 0 unspecified atom stereocenters. The number of amides is 2. The van der Waals surface area contributed by atoms with Gasteiger partial charge in [0.1, 0.15) is 5.75 Å². The second kappa shape index (κ2) is 12.8. The second-order valence-corrected chi connectivity index (χ2v) is 8.24. The van der Waals surface area contributed by atoms with Gasteiger partial charge in [-0.25, -0.2) is 0 Å². The van der Waals surface area contributed by atoms with Gasteiger partial charge < -0.3 is 20.7 Å². The molecule has 0 bridgehead atoms. The van der Waals surface area contributed by atoms with Crippen LogP contribution in [0.4, 0.5) is 17.1 Å². The second-order valence-electron chi connectivity index (χ2n) is 8.24. The van der Waals surface area contributed by atoms with Gasteiger partial charge >= 0.3 is 0 Å². The van der Waals surface area contributed by atoms with Crippen molar-refractivity contribution in [3.05, 3.63) is 120 Å². The molecule has 6 heteroatoms. The predicted octanol–water partition coefficient (Wildman–Crippen LogP) is 6.00. The smallest absolute Gasteiger partial charge is 0.255 e. The lowest BCUT2D eigenvalue weighted by atomic mass is 10.1. The van der Waals surface area contributed by atoms with Crippen LogP contribution in [0, 0.1) is 0 Å². The van der Waals surface area contributed by atoms with Gasteiger partial charge in [-0.15, -0.1) is 0 Å². The Morgan fingerprint density at radius 1 is 0.694 bits per heavy atom. The van der Waals surface area contributed by atoms with Crippen LogP contribution in [0.2, 0.25) is 0 Å². The molecule has 0 heterocycles. The third-order valence-corrected chi connectivity index (χ3v) is 5.48. The Hall–Kier alpha value is -4.58. The number of carbonyl (C=O) groups is 2. The van der Waals surface area contributed by atoms with Gasteiger partial charge in [0.25, 0.3) is 5.91 Å². The zero-order chi connectivity index (χ0) is 25.0. The minimum Gasteiger partial charge on any atom is -0.491 e. The van der Waals surface area contributed by atoms with E-state index < -0.39 is 0 Å². The standard InChI is InChI=1S/C30H29N3O3/c34-29(32-25-16-9-17-26(21-25)33-30(35)24-14-5-2-6-15-24)22-31-27-18-7-8-19-28(27)36-20-10-13-23-11-3-1-4-12-23/h1-9,11-12,14-19,21,31H,10,13,20,22H2,(H,32,34)(H,33,35). The third-order valence-electron chi connectivity index (χ3n) is 5.48. The molecular weight excluding hydrogens is 450 g/mol. The van der Waals surface area contributed by atoms with Crippen molar-refractivity contribution in [1.82, 2.24) is 0 Å². The highest BCUT2D eigenvalue weighted by Crippen LogP contribution is 2.24. The molecule has 0 saturated heterocycles. The van der Waals surface area contributed by atoms with Crippen LogP contribution in [0.5, 0.6) is 5.75 Å². The Morgan fingerprint density at radius 3 is 2.14 bits per heavy atom. The number of anilines is 3. The molecule has 36 heavy (non-hydrogen) atoms. The zero-order valence-corrected chi connectivity index (χ0v) is 19.9. The molecule has 0 spiro atoms. The average Bonchev–Trinajstić information content (AvgIpc) is 2.92. The number of rotatable bonds is 11. The molecule has 182 valence electrons. The largest absolute Gasteiger partial charge is 0.491 e. The molecule has 0 saturated carbocycles. The van der Waals surface area contributed by atoms with E-state index in [-0.39, 0.29) is 18.4 Å². The lowest BCUT2D eigenvalue weighted by Crippen LogP contribution is -2.22. The predicted molar refractivity (Wildman–Crippen MR) is 145 cm³/mol. The zero-order valence-electron chi connectivity index (χ0n) is 19.9. The quantitative estimate of drug-likeness (QED) is 0.231. The number of hydrogen-bond donors (Lipinski definition) is 3. The summed E-state index contributed by atoms with van der Waals surface area (Å²) in [4.78, 5) is 25.0. The number of carbonyl (C=O) groups excluding carboxylic acids is 2. The first kappa shape index (κ1) is 24.5. The van der Waals surface area contributed by atoms with Crippen LogP contribution in [0.15, 0.2) is 109 Å². The monoisotopic (exact) mass is 479 g/mol. The highest BCUT2D eigenvalue weighted by atomic mass is 16.5. The molecule has 2 amide bonds. The Morgan fingerprint density at radius 2 is 1.36 bits per heavy atom.